The van der Waals surface area contributed by atoms with Crippen molar-refractivity contribution in [1.82, 2.24) is 14.5 Å². The fourth-order valence-electron chi connectivity index (χ4n) is 2.95. The molecule has 5 nitrogen and oxygen atoms in total. The predicted molar refractivity (Wildman–Crippen MR) is 108 cm³/mol. The van der Waals surface area contributed by atoms with Crippen LogP contribution in [0.3, 0.4) is 0 Å². The van der Waals surface area contributed by atoms with E-state index in [1.165, 1.54) is 0 Å². The van der Waals surface area contributed by atoms with E-state index < -0.39 is 0 Å². The topological polar surface area (TPSA) is 54.9 Å². The Morgan fingerprint density at radius 1 is 1.12 bits per heavy atom. The second-order valence-corrected chi connectivity index (χ2v) is 7.08. The first kappa shape index (κ1) is 17.5. The molecule has 0 amide bonds. The third-order valence-electron chi connectivity index (χ3n) is 4.18. The van der Waals surface area contributed by atoms with Gasteiger partial charge in [-0.1, -0.05) is 34.8 Å². The van der Waals surface area contributed by atoms with E-state index in [1.807, 2.05) is 35.0 Å². The lowest BCUT2D eigenvalue weighted by Crippen LogP contribution is -2.08. The minimum atomic E-state index is 0.470. The number of nitrogens with zero attached hydrogens (tertiary/aromatic N) is 2. The summed E-state index contributed by atoms with van der Waals surface area (Å²) < 4.78 is 7.24. The summed E-state index contributed by atoms with van der Waals surface area (Å²) in [7, 11) is 1.66. The van der Waals surface area contributed by atoms with E-state index in [2.05, 4.69) is 15.3 Å². The van der Waals surface area contributed by atoms with Crippen molar-refractivity contribution in [2.45, 2.75) is 6.54 Å². The van der Waals surface area contributed by atoms with Crippen LogP contribution >= 0.6 is 34.8 Å². The van der Waals surface area contributed by atoms with Gasteiger partial charge in [0.15, 0.2) is 0 Å². The minimum Gasteiger partial charge on any atom is -0.383 e. The lowest BCUT2D eigenvalue weighted by Gasteiger charge is -2.11. The summed E-state index contributed by atoms with van der Waals surface area (Å²) in [6.07, 6.45) is 1.86. The second kappa shape index (κ2) is 7.00. The molecule has 26 heavy (non-hydrogen) atoms. The van der Waals surface area contributed by atoms with Crippen LogP contribution in [0.15, 0.2) is 36.5 Å². The quantitative estimate of drug-likeness (QED) is 0.433. The summed E-state index contributed by atoms with van der Waals surface area (Å²) in [6, 6.07) is 9.38. The fraction of sp³-hybridized carbons (Fsp3) is 0.167. The zero-order chi connectivity index (χ0) is 18.3. The first-order valence-corrected chi connectivity index (χ1v) is 9.08. The number of hydrogen-bond acceptors (Lipinski definition) is 3. The number of rotatable bonds is 5. The highest BCUT2D eigenvalue weighted by Gasteiger charge is 2.14. The van der Waals surface area contributed by atoms with Crippen molar-refractivity contribution >= 4 is 68.4 Å². The van der Waals surface area contributed by atoms with Crippen LogP contribution in [0.1, 0.15) is 0 Å². The summed E-state index contributed by atoms with van der Waals surface area (Å²) in [5.74, 6) is 0.664. The number of nitrogens with one attached hydrogen (secondary N) is 2. The Labute approximate surface area is 164 Å². The largest absolute Gasteiger partial charge is 0.383 e. The zero-order valence-corrected chi connectivity index (χ0v) is 16.1. The molecule has 0 aliphatic heterocycles. The van der Waals surface area contributed by atoms with Gasteiger partial charge in [-0.15, -0.1) is 0 Å². The number of anilines is 2. The molecule has 2 N–H and O–H groups in total. The number of ether oxygens (including phenoxy) is 1. The average molecular weight is 410 g/mol. The van der Waals surface area contributed by atoms with Crippen LogP contribution in [0.5, 0.6) is 0 Å². The van der Waals surface area contributed by atoms with Gasteiger partial charge in [-0.2, -0.15) is 0 Å². The third-order valence-corrected chi connectivity index (χ3v) is 5.22. The van der Waals surface area contributed by atoms with E-state index in [0.717, 1.165) is 27.6 Å². The van der Waals surface area contributed by atoms with Crippen LogP contribution in [0.25, 0.3) is 21.9 Å². The maximum atomic E-state index is 6.37. The smallest absolute Gasteiger partial charge is 0.208 e. The van der Waals surface area contributed by atoms with Crippen molar-refractivity contribution in [3.63, 3.8) is 0 Å². The average Bonchev–Trinajstić information content (AvgIpc) is 3.19. The Hall–Kier alpha value is -1.92. The third kappa shape index (κ3) is 3.12. The number of aromatic amines is 1. The van der Waals surface area contributed by atoms with Crippen molar-refractivity contribution in [2.75, 3.05) is 19.0 Å². The highest BCUT2D eigenvalue weighted by molar-refractivity contribution is 6.42. The van der Waals surface area contributed by atoms with Gasteiger partial charge in [0, 0.05) is 36.4 Å². The van der Waals surface area contributed by atoms with E-state index in [9.17, 15) is 0 Å². The van der Waals surface area contributed by atoms with E-state index in [1.54, 1.807) is 13.2 Å². The molecule has 0 aliphatic rings. The number of halogens is 3. The van der Waals surface area contributed by atoms with Crippen molar-refractivity contribution < 1.29 is 4.74 Å². The molecule has 0 aliphatic carbocycles. The van der Waals surface area contributed by atoms with E-state index in [-0.39, 0.29) is 0 Å². The Morgan fingerprint density at radius 3 is 2.73 bits per heavy atom. The van der Waals surface area contributed by atoms with Gasteiger partial charge in [0.1, 0.15) is 0 Å². The number of methoxy groups -OCH3 is 1. The molecule has 0 saturated carbocycles. The van der Waals surface area contributed by atoms with Crippen molar-refractivity contribution in [3.05, 3.63) is 51.6 Å². The molecule has 4 aromatic rings. The number of aromatic nitrogens is 3. The Bertz CT molecular complexity index is 1100. The molecule has 8 heteroatoms. The van der Waals surface area contributed by atoms with Crippen molar-refractivity contribution in [2.24, 2.45) is 0 Å². The molecule has 0 saturated heterocycles. The molecule has 2 aromatic heterocycles. The Kier molecular flexibility index (Phi) is 4.71. The fourth-order valence-corrected chi connectivity index (χ4v) is 3.55. The maximum Gasteiger partial charge on any atom is 0.208 e. The highest BCUT2D eigenvalue weighted by atomic mass is 35.5. The normalized spacial score (nSPS) is 11.5. The van der Waals surface area contributed by atoms with Gasteiger partial charge in [-0.25, -0.2) is 4.98 Å². The van der Waals surface area contributed by atoms with Gasteiger partial charge in [-0.05, 0) is 30.3 Å². The number of H-pyrrole nitrogens is 1. The van der Waals surface area contributed by atoms with Crippen LogP contribution in [-0.2, 0) is 11.3 Å². The Balaban J connectivity index is 1.80. The lowest BCUT2D eigenvalue weighted by molar-refractivity contribution is 0.189. The maximum absolute atomic E-state index is 6.37. The van der Waals surface area contributed by atoms with Gasteiger partial charge < -0.3 is 19.6 Å². The summed E-state index contributed by atoms with van der Waals surface area (Å²) in [5, 5.41) is 5.93. The second-order valence-electron chi connectivity index (χ2n) is 5.86. The summed E-state index contributed by atoms with van der Waals surface area (Å²) in [5.41, 5.74) is 3.41. The Morgan fingerprint density at radius 2 is 1.92 bits per heavy atom. The van der Waals surface area contributed by atoms with Crippen LogP contribution < -0.4 is 5.32 Å². The van der Waals surface area contributed by atoms with E-state index >= 15 is 0 Å². The number of imidazole rings is 1. The highest BCUT2D eigenvalue weighted by Crippen LogP contribution is 2.32. The minimum absolute atomic E-state index is 0.470. The van der Waals surface area contributed by atoms with Crippen molar-refractivity contribution in [3.8, 4) is 0 Å². The van der Waals surface area contributed by atoms with E-state index in [0.29, 0.717) is 34.2 Å². The predicted octanol–water partition coefficient (Wildman–Crippen LogP) is 5.87. The number of benzene rings is 2. The number of fused-ring (bicyclic) bond motifs is 2. The molecule has 2 aromatic carbocycles. The van der Waals surface area contributed by atoms with Crippen LogP contribution in [0, 0.1) is 0 Å². The summed E-state index contributed by atoms with van der Waals surface area (Å²) in [6.45, 7) is 1.16. The number of hydrogen-bond donors (Lipinski definition) is 2. The SMILES string of the molecule is COCCn1c(Nc2cc(Cl)c3cc[nH]c3c2)nc2cc(Cl)c(Cl)cc21. The monoisotopic (exact) mass is 408 g/mol. The van der Waals surface area contributed by atoms with E-state index in [4.69, 9.17) is 39.5 Å². The van der Waals surface area contributed by atoms with Gasteiger partial charge >= 0.3 is 0 Å². The molecule has 4 rings (SSSR count). The van der Waals surface area contributed by atoms with Crippen LogP contribution in [0.4, 0.5) is 11.6 Å². The molecule has 0 radical (unpaired) electrons. The lowest BCUT2D eigenvalue weighted by atomic mass is 10.2. The first-order valence-electron chi connectivity index (χ1n) is 7.94. The standard InChI is InChI=1S/C18H15Cl3N4O/c1-26-5-4-25-17-9-14(21)13(20)8-16(17)24-18(25)23-10-6-12(19)11-2-3-22-15(11)7-10/h2-3,6-9,22H,4-5H2,1H3,(H,23,24). The van der Waals surface area contributed by atoms with Gasteiger partial charge in [0.25, 0.3) is 0 Å². The molecule has 0 spiro atoms. The molecule has 0 unspecified atom stereocenters. The molecule has 0 fully saturated rings. The van der Waals surface area contributed by atoms with Gasteiger partial charge in [0.2, 0.25) is 5.95 Å². The molecule has 134 valence electrons. The molecule has 2 heterocycles. The summed E-state index contributed by atoms with van der Waals surface area (Å²) >= 11 is 18.7. The molecular weight excluding hydrogens is 395 g/mol. The van der Waals surface area contributed by atoms with Crippen LogP contribution in [-0.4, -0.2) is 28.3 Å². The van der Waals surface area contributed by atoms with Gasteiger partial charge in [-0.3, -0.25) is 0 Å². The molecule has 0 atom stereocenters. The zero-order valence-electron chi connectivity index (χ0n) is 13.8. The van der Waals surface area contributed by atoms with Gasteiger partial charge in [0.05, 0.1) is 32.7 Å². The summed E-state index contributed by atoms with van der Waals surface area (Å²) in [4.78, 5) is 7.83. The van der Waals surface area contributed by atoms with Crippen molar-refractivity contribution in [1.29, 1.82) is 0 Å². The molecular formula is C18H15Cl3N4O. The molecule has 0 bridgehead atoms. The van der Waals surface area contributed by atoms with Crippen LogP contribution in [0.2, 0.25) is 15.1 Å². The first-order chi connectivity index (χ1) is 12.6.